The van der Waals surface area contributed by atoms with E-state index in [0.29, 0.717) is 10.6 Å². The summed E-state index contributed by atoms with van der Waals surface area (Å²) < 4.78 is 3.70. The van der Waals surface area contributed by atoms with Crippen molar-refractivity contribution in [2.24, 2.45) is 0 Å². The molecule has 0 aliphatic rings. The number of hydrogen-bond donors (Lipinski definition) is 1. The van der Waals surface area contributed by atoms with Crippen LogP contribution in [0.5, 0.6) is 5.75 Å². The van der Waals surface area contributed by atoms with Gasteiger partial charge in [-0.3, -0.25) is 0 Å². The average molecular weight is 203 g/mol. The van der Waals surface area contributed by atoms with Crippen LogP contribution in [-0.4, -0.2) is 14.7 Å². The van der Waals surface area contributed by atoms with Crippen molar-refractivity contribution in [2.45, 2.75) is 0 Å². The largest absolute Gasteiger partial charge is 0.508 e. The first kappa shape index (κ1) is 8.66. The van der Waals surface area contributed by atoms with Gasteiger partial charge in [0, 0.05) is 5.56 Å². The lowest BCUT2D eigenvalue weighted by Gasteiger charge is -1.95. The molecule has 0 unspecified atom stereocenters. The molecule has 1 aromatic heterocycles. The van der Waals surface area contributed by atoms with Gasteiger partial charge in [0.05, 0.1) is 0 Å². The smallest absolute Gasteiger partial charge is 0.153 e. The number of nitriles is 1. The Morgan fingerprint density at radius 1 is 1.29 bits per heavy atom. The minimum absolute atomic E-state index is 0.190. The van der Waals surface area contributed by atoms with Gasteiger partial charge in [-0.15, -0.1) is 5.10 Å². The molecule has 0 bridgehead atoms. The molecule has 0 fully saturated rings. The van der Waals surface area contributed by atoms with E-state index in [1.54, 1.807) is 24.3 Å². The molecule has 2 rings (SSSR count). The maximum absolute atomic E-state index is 9.08. The highest BCUT2D eigenvalue weighted by Gasteiger charge is 2.08. The Morgan fingerprint density at radius 3 is 2.64 bits per heavy atom. The van der Waals surface area contributed by atoms with Crippen LogP contribution in [0.4, 0.5) is 0 Å². The topological polar surface area (TPSA) is 69.8 Å². The van der Waals surface area contributed by atoms with Crippen LogP contribution >= 0.6 is 11.5 Å². The molecule has 0 saturated carbocycles. The maximum atomic E-state index is 9.08. The summed E-state index contributed by atoms with van der Waals surface area (Å²) in [6.07, 6.45) is 0. The van der Waals surface area contributed by atoms with Crippen LogP contribution in [0, 0.1) is 11.3 Å². The quantitative estimate of drug-likeness (QED) is 0.767. The molecule has 0 atom stereocenters. The van der Waals surface area contributed by atoms with Crippen LogP contribution in [0.1, 0.15) is 4.88 Å². The zero-order valence-electron chi connectivity index (χ0n) is 7.01. The normalized spacial score (nSPS) is 9.64. The third-order valence-corrected chi connectivity index (χ3v) is 2.36. The standard InChI is InChI=1S/C9H5N3OS/c10-5-8-9(11-12-14-8)6-1-3-7(13)4-2-6/h1-4,13H. The second-order valence-electron chi connectivity index (χ2n) is 2.61. The number of hydrogen-bond acceptors (Lipinski definition) is 5. The van der Waals surface area contributed by atoms with E-state index in [9.17, 15) is 0 Å². The second kappa shape index (κ2) is 3.44. The number of aromatic hydroxyl groups is 1. The van der Waals surface area contributed by atoms with Gasteiger partial charge in [-0.05, 0) is 35.8 Å². The Morgan fingerprint density at radius 2 is 2.00 bits per heavy atom. The molecule has 0 radical (unpaired) electrons. The van der Waals surface area contributed by atoms with Gasteiger partial charge in [0.1, 0.15) is 17.5 Å². The predicted molar refractivity (Wildman–Crippen MR) is 51.7 cm³/mol. The highest BCUT2D eigenvalue weighted by molar-refractivity contribution is 7.06. The van der Waals surface area contributed by atoms with Crippen molar-refractivity contribution in [1.29, 1.82) is 5.26 Å². The van der Waals surface area contributed by atoms with Gasteiger partial charge in [-0.1, -0.05) is 4.49 Å². The average Bonchev–Trinajstić information content (AvgIpc) is 2.67. The summed E-state index contributed by atoms with van der Waals surface area (Å²) in [5, 5.41) is 21.7. The van der Waals surface area contributed by atoms with E-state index in [1.807, 2.05) is 6.07 Å². The van der Waals surface area contributed by atoms with Crippen LogP contribution in [0.2, 0.25) is 0 Å². The number of benzene rings is 1. The first-order chi connectivity index (χ1) is 6.81. The Balaban J connectivity index is 2.50. The van der Waals surface area contributed by atoms with Crippen molar-refractivity contribution in [3.05, 3.63) is 29.1 Å². The predicted octanol–water partition coefficient (Wildman–Crippen LogP) is 1.78. The van der Waals surface area contributed by atoms with E-state index in [0.717, 1.165) is 17.1 Å². The maximum Gasteiger partial charge on any atom is 0.153 e. The van der Waals surface area contributed by atoms with Crippen molar-refractivity contribution >= 4 is 11.5 Å². The number of phenolic OH excluding ortho intramolecular Hbond substituents is 1. The molecule has 4 nitrogen and oxygen atoms in total. The van der Waals surface area contributed by atoms with Crippen molar-refractivity contribution in [2.75, 3.05) is 0 Å². The molecule has 0 saturated heterocycles. The molecular weight excluding hydrogens is 198 g/mol. The fraction of sp³-hybridized carbons (Fsp3) is 0. The van der Waals surface area contributed by atoms with E-state index < -0.39 is 0 Å². The Labute approximate surface area is 84.2 Å². The van der Waals surface area contributed by atoms with Crippen LogP contribution in [0.15, 0.2) is 24.3 Å². The van der Waals surface area contributed by atoms with E-state index in [-0.39, 0.29) is 5.75 Å². The molecule has 14 heavy (non-hydrogen) atoms. The van der Waals surface area contributed by atoms with Gasteiger partial charge in [0.25, 0.3) is 0 Å². The van der Waals surface area contributed by atoms with Gasteiger partial charge in [-0.25, -0.2) is 0 Å². The Bertz CT molecular complexity index is 484. The summed E-state index contributed by atoms with van der Waals surface area (Å²) in [4.78, 5) is 0.482. The molecule has 5 heteroatoms. The molecule has 0 aliphatic carbocycles. The highest BCUT2D eigenvalue weighted by Crippen LogP contribution is 2.24. The first-order valence-corrected chi connectivity index (χ1v) is 4.60. The monoisotopic (exact) mass is 203 g/mol. The van der Waals surface area contributed by atoms with Crippen LogP contribution in [0.3, 0.4) is 0 Å². The number of rotatable bonds is 1. The van der Waals surface area contributed by atoms with Gasteiger partial charge < -0.3 is 5.11 Å². The van der Waals surface area contributed by atoms with E-state index in [1.165, 1.54) is 0 Å². The minimum Gasteiger partial charge on any atom is -0.508 e. The molecular formula is C9H5N3OS. The first-order valence-electron chi connectivity index (χ1n) is 3.83. The molecule has 2 aromatic rings. The summed E-state index contributed by atoms with van der Waals surface area (Å²) in [6, 6.07) is 8.53. The zero-order valence-corrected chi connectivity index (χ0v) is 7.82. The number of aromatic nitrogens is 2. The minimum atomic E-state index is 0.190. The second-order valence-corrected chi connectivity index (χ2v) is 3.36. The molecule has 0 amide bonds. The highest BCUT2D eigenvalue weighted by atomic mass is 32.1. The molecule has 68 valence electrons. The van der Waals surface area contributed by atoms with E-state index >= 15 is 0 Å². The lowest BCUT2D eigenvalue weighted by molar-refractivity contribution is 0.475. The van der Waals surface area contributed by atoms with Crippen molar-refractivity contribution < 1.29 is 5.11 Å². The Kier molecular flexibility index (Phi) is 2.13. The number of nitrogens with zero attached hydrogens (tertiary/aromatic N) is 3. The molecule has 1 aromatic carbocycles. The Hall–Kier alpha value is -1.93. The van der Waals surface area contributed by atoms with Crippen molar-refractivity contribution in [3.63, 3.8) is 0 Å². The third-order valence-electron chi connectivity index (χ3n) is 1.73. The van der Waals surface area contributed by atoms with E-state index in [2.05, 4.69) is 9.59 Å². The van der Waals surface area contributed by atoms with Gasteiger partial charge in [0.15, 0.2) is 4.88 Å². The molecule has 1 N–H and O–H groups in total. The van der Waals surface area contributed by atoms with Crippen LogP contribution in [-0.2, 0) is 0 Å². The summed E-state index contributed by atoms with van der Waals surface area (Å²) in [5.74, 6) is 0.190. The SMILES string of the molecule is N#Cc1snnc1-c1ccc(O)cc1. The summed E-state index contributed by atoms with van der Waals surface area (Å²) in [7, 11) is 0. The summed E-state index contributed by atoms with van der Waals surface area (Å²) in [5.41, 5.74) is 1.35. The zero-order chi connectivity index (χ0) is 9.97. The van der Waals surface area contributed by atoms with E-state index in [4.69, 9.17) is 10.4 Å². The lowest BCUT2D eigenvalue weighted by atomic mass is 10.1. The fourth-order valence-electron chi connectivity index (χ4n) is 1.07. The van der Waals surface area contributed by atoms with Gasteiger partial charge in [-0.2, -0.15) is 5.26 Å². The van der Waals surface area contributed by atoms with Crippen LogP contribution in [0.25, 0.3) is 11.3 Å². The van der Waals surface area contributed by atoms with Gasteiger partial charge in [0.2, 0.25) is 0 Å². The molecule has 0 aliphatic heterocycles. The molecule has 1 heterocycles. The lowest BCUT2D eigenvalue weighted by Crippen LogP contribution is -1.80. The molecule has 0 spiro atoms. The number of phenols is 1. The van der Waals surface area contributed by atoms with Gasteiger partial charge >= 0.3 is 0 Å². The van der Waals surface area contributed by atoms with Crippen LogP contribution < -0.4 is 0 Å². The van der Waals surface area contributed by atoms with Crippen molar-refractivity contribution in [1.82, 2.24) is 9.59 Å². The summed E-state index contributed by atoms with van der Waals surface area (Å²) in [6.45, 7) is 0. The summed E-state index contributed by atoms with van der Waals surface area (Å²) >= 11 is 1.06. The third kappa shape index (κ3) is 1.43. The fourth-order valence-corrected chi connectivity index (χ4v) is 1.56. The van der Waals surface area contributed by atoms with Crippen molar-refractivity contribution in [3.8, 4) is 23.1 Å².